The van der Waals surface area contributed by atoms with Gasteiger partial charge in [0.2, 0.25) is 5.95 Å². The van der Waals surface area contributed by atoms with Crippen molar-refractivity contribution in [2.75, 3.05) is 19.5 Å². The van der Waals surface area contributed by atoms with Crippen LogP contribution in [0.4, 0.5) is 11.6 Å². The fraction of sp³-hybridized carbons (Fsp3) is 0.100. The first-order chi connectivity index (χ1) is 14.1. The van der Waals surface area contributed by atoms with Crippen LogP contribution in [-0.2, 0) is 0 Å². The third kappa shape index (κ3) is 3.41. The van der Waals surface area contributed by atoms with Crippen molar-refractivity contribution in [1.29, 1.82) is 0 Å². The summed E-state index contributed by atoms with van der Waals surface area (Å²) in [4.78, 5) is 24.9. The molecule has 4 rings (SSSR count). The Morgan fingerprint density at radius 3 is 2.69 bits per heavy atom. The van der Waals surface area contributed by atoms with Crippen LogP contribution in [0.1, 0.15) is 10.4 Å². The van der Waals surface area contributed by atoms with E-state index in [0.717, 1.165) is 5.56 Å². The van der Waals surface area contributed by atoms with Crippen LogP contribution >= 0.6 is 0 Å². The highest BCUT2D eigenvalue weighted by molar-refractivity contribution is 5.98. The van der Waals surface area contributed by atoms with Crippen molar-refractivity contribution < 1.29 is 14.3 Å². The van der Waals surface area contributed by atoms with E-state index in [4.69, 9.17) is 20.2 Å². The van der Waals surface area contributed by atoms with Gasteiger partial charge in [-0.2, -0.15) is 0 Å². The predicted molar refractivity (Wildman–Crippen MR) is 108 cm³/mol. The molecule has 0 fully saturated rings. The van der Waals surface area contributed by atoms with E-state index >= 15 is 0 Å². The van der Waals surface area contributed by atoms with Crippen LogP contribution in [0.2, 0.25) is 0 Å². The highest BCUT2D eigenvalue weighted by atomic mass is 16.5. The number of nitrogens with two attached hydrogens (primary N) is 1. The summed E-state index contributed by atoms with van der Waals surface area (Å²) in [6, 6.07) is 8.93. The molecule has 0 saturated carbocycles. The molecular weight excluding hydrogens is 372 g/mol. The molecule has 0 saturated heterocycles. The van der Waals surface area contributed by atoms with E-state index in [2.05, 4.69) is 15.3 Å². The Labute approximate surface area is 166 Å². The van der Waals surface area contributed by atoms with E-state index in [9.17, 15) is 4.79 Å². The SMILES string of the molecule is COc1ccc(-c2cc3nccn3c(Nc3cnccc3C(N)=O)n2)cc1OC. The number of anilines is 2. The van der Waals surface area contributed by atoms with Gasteiger partial charge in [0.25, 0.3) is 5.91 Å². The van der Waals surface area contributed by atoms with E-state index in [0.29, 0.717) is 40.0 Å². The first kappa shape index (κ1) is 18.2. The fourth-order valence-corrected chi connectivity index (χ4v) is 2.98. The molecule has 9 heteroatoms. The number of methoxy groups -OCH3 is 2. The van der Waals surface area contributed by atoms with Crippen molar-refractivity contribution in [1.82, 2.24) is 19.4 Å². The van der Waals surface area contributed by atoms with Crippen molar-refractivity contribution >= 4 is 23.2 Å². The molecule has 0 aliphatic carbocycles. The maximum atomic E-state index is 11.7. The van der Waals surface area contributed by atoms with Crippen LogP contribution in [-0.4, -0.2) is 39.5 Å². The number of carbonyl (C=O) groups is 1. The number of aromatic nitrogens is 4. The molecule has 3 N–H and O–H groups in total. The maximum Gasteiger partial charge on any atom is 0.250 e. The van der Waals surface area contributed by atoms with E-state index in [1.165, 1.54) is 12.4 Å². The minimum absolute atomic E-state index is 0.312. The van der Waals surface area contributed by atoms with Crippen LogP contribution < -0.4 is 20.5 Å². The Morgan fingerprint density at radius 1 is 1.10 bits per heavy atom. The molecule has 0 spiro atoms. The summed E-state index contributed by atoms with van der Waals surface area (Å²) in [7, 11) is 3.16. The number of pyridine rings is 1. The van der Waals surface area contributed by atoms with Crippen LogP contribution in [0, 0.1) is 0 Å². The molecule has 0 atom stereocenters. The van der Waals surface area contributed by atoms with Gasteiger partial charge in [0, 0.05) is 30.2 Å². The van der Waals surface area contributed by atoms with Gasteiger partial charge in [0.15, 0.2) is 11.5 Å². The molecular formula is C20H18N6O3. The number of carbonyl (C=O) groups excluding carboxylic acids is 1. The number of hydrogen-bond acceptors (Lipinski definition) is 7. The summed E-state index contributed by atoms with van der Waals surface area (Å²) in [5, 5.41) is 3.14. The van der Waals surface area contributed by atoms with Gasteiger partial charge < -0.3 is 20.5 Å². The Bertz CT molecular complexity index is 1200. The number of amides is 1. The average molecular weight is 390 g/mol. The quantitative estimate of drug-likeness (QED) is 0.520. The third-order valence-electron chi connectivity index (χ3n) is 4.40. The molecule has 0 radical (unpaired) electrons. The monoisotopic (exact) mass is 390 g/mol. The summed E-state index contributed by atoms with van der Waals surface area (Å²) < 4.78 is 12.5. The van der Waals surface area contributed by atoms with E-state index in [1.807, 2.05) is 24.3 Å². The number of ether oxygens (including phenoxy) is 2. The summed E-state index contributed by atoms with van der Waals surface area (Å²) in [5.74, 6) is 1.11. The van der Waals surface area contributed by atoms with Crippen LogP contribution in [0.25, 0.3) is 16.9 Å². The summed E-state index contributed by atoms with van der Waals surface area (Å²) in [6.45, 7) is 0. The van der Waals surface area contributed by atoms with Gasteiger partial charge in [-0.25, -0.2) is 9.97 Å². The Hall–Kier alpha value is -4.14. The van der Waals surface area contributed by atoms with Crippen molar-refractivity contribution in [3.8, 4) is 22.8 Å². The molecule has 9 nitrogen and oxygen atoms in total. The normalized spacial score (nSPS) is 10.7. The van der Waals surface area contributed by atoms with Gasteiger partial charge in [-0.3, -0.25) is 14.2 Å². The lowest BCUT2D eigenvalue weighted by molar-refractivity contribution is 0.100. The summed E-state index contributed by atoms with van der Waals surface area (Å²) in [5.41, 5.74) is 8.39. The van der Waals surface area contributed by atoms with E-state index in [-0.39, 0.29) is 0 Å². The topological polar surface area (TPSA) is 117 Å². The van der Waals surface area contributed by atoms with Gasteiger partial charge >= 0.3 is 0 Å². The Balaban J connectivity index is 1.83. The third-order valence-corrected chi connectivity index (χ3v) is 4.40. The highest BCUT2D eigenvalue weighted by Gasteiger charge is 2.14. The maximum absolute atomic E-state index is 11.7. The Kier molecular flexibility index (Phi) is 4.70. The number of primary amides is 1. The van der Waals surface area contributed by atoms with Crippen LogP contribution in [0.3, 0.4) is 0 Å². The van der Waals surface area contributed by atoms with Crippen LogP contribution in [0.5, 0.6) is 11.5 Å². The number of hydrogen-bond donors (Lipinski definition) is 2. The van der Waals surface area contributed by atoms with Gasteiger partial charge in [-0.15, -0.1) is 0 Å². The molecule has 3 heterocycles. The minimum Gasteiger partial charge on any atom is -0.493 e. The predicted octanol–water partition coefficient (Wildman–Crippen LogP) is 2.65. The molecule has 3 aromatic heterocycles. The van der Waals surface area contributed by atoms with Crippen molar-refractivity contribution in [3.05, 3.63) is 60.7 Å². The molecule has 4 aromatic rings. The van der Waals surface area contributed by atoms with Crippen molar-refractivity contribution in [2.24, 2.45) is 5.73 Å². The number of imidazole rings is 1. The zero-order chi connectivity index (χ0) is 20.4. The average Bonchev–Trinajstić information content (AvgIpc) is 3.22. The Morgan fingerprint density at radius 2 is 1.93 bits per heavy atom. The van der Waals surface area contributed by atoms with Crippen molar-refractivity contribution in [3.63, 3.8) is 0 Å². The lowest BCUT2D eigenvalue weighted by Gasteiger charge is -2.13. The largest absolute Gasteiger partial charge is 0.493 e. The number of rotatable bonds is 6. The molecule has 29 heavy (non-hydrogen) atoms. The van der Waals surface area contributed by atoms with Crippen molar-refractivity contribution in [2.45, 2.75) is 0 Å². The van der Waals surface area contributed by atoms with Gasteiger partial charge in [-0.1, -0.05) is 0 Å². The number of nitrogens with one attached hydrogen (secondary N) is 1. The molecule has 0 aliphatic heterocycles. The molecule has 0 aliphatic rings. The molecule has 1 aromatic carbocycles. The molecule has 0 bridgehead atoms. The molecule has 0 unspecified atom stereocenters. The van der Waals surface area contributed by atoms with Gasteiger partial charge in [0.1, 0.15) is 5.65 Å². The van der Waals surface area contributed by atoms with Gasteiger partial charge in [0.05, 0.1) is 37.4 Å². The smallest absolute Gasteiger partial charge is 0.250 e. The standard InChI is InChI=1S/C20H18N6O3/c1-28-16-4-3-12(9-17(16)29-2)14-10-18-23-7-8-26(18)20(24-14)25-15-11-22-6-5-13(15)19(21)27/h3-11H,1-2H3,(H2,21,27)(H,24,25). The lowest BCUT2D eigenvalue weighted by atomic mass is 10.1. The number of benzene rings is 1. The lowest BCUT2D eigenvalue weighted by Crippen LogP contribution is -2.14. The van der Waals surface area contributed by atoms with E-state index in [1.54, 1.807) is 37.1 Å². The van der Waals surface area contributed by atoms with Crippen LogP contribution in [0.15, 0.2) is 55.1 Å². The van der Waals surface area contributed by atoms with E-state index < -0.39 is 5.91 Å². The number of fused-ring (bicyclic) bond motifs is 1. The zero-order valence-electron chi connectivity index (χ0n) is 15.8. The second kappa shape index (κ2) is 7.47. The first-order valence-corrected chi connectivity index (χ1v) is 8.68. The molecule has 1 amide bonds. The first-order valence-electron chi connectivity index (χ1n) is 8.68. The zero-order valence-corrected chi connectivity index (χ0v) is 15.8. The molecule has 146 valence electrons. The van der Waals surface area contributed by atoms with Gasteiger partial charge in [-0.05, 0) is 24.3 Å². The summed E-state index contributed by atoms with van der Waals surface area (Å²) in [6.07, 6.45) is 6.46. The fourth-order valence-electron chi connectivity index (χ4n) is 2.98. The summed E-state index contributed by atoms with van der Waals surface area (Å²) >= 11 is 0. The number of nitrogens with zero attached hydrogens (tertiary/aromatic N) is 4. The highest BCUT2D eigenvalue weighted by Crippen LogP contribution is 2.32. The second-order valence-electron chi connectivity index (χ2n) is 6.10. The second-order valence-corrected chi connectivity index (χ2v) is 6.10. The minimum atomic E-state index is -0.562.